The molecule has 0 spiro atoms. The van der Waals surface area contributed by atoms with Gasteiger partial charge in [0.25, 0.3) is 0 Å². The normalized spacial score (nSPS) is 12.2. The molecule has 2 aromatic carbocycles. The maximum Gasteiger partial charge on any atom is 0.416 e. The summed E-state index contributed by atoms with van der Waals surface area (Å²) in [5, 5.41) is 17.5. The predicted octanol–water partition coefficient (Wildman–Crippen LogP) is 4.65. The number of alkyl halides is 3. The summed E-state index contributed by atoms with van der Waals surface area (Å²) in [5.74, 6) is -1.14. The first-order chi connectivity index (χ1) is 11.8. The lowest BCUT2D eigenvalue weighted by Crippen LogP contribution is -2.04. The zero-order valence-electron chi connectivity index (χ0n) is 12.8. The predicted molar refractivity (Wildman–Crippen MR) is 86.5 cm³/mol. The van der Waals surface area contributed by atoms with Crippen molar-refractivity contribution >= 4 is 11.5 Å². The monoisotopic (exact) mass is 343 g/mol. The number of aliphatic carboxylic acids is 1. The zero-order valence-corrected chi connectivity index (χ0v) is 12.8. The van der Waals surface area contributed by atoms with Gasteiger partial charge in [0.15, 0.2) is 0 Å². The third-order valence-electron chi connectivity index (χ3n) is 3.35. The minimum atomic E-state index is -4.43. The maximum atomic E-state index is 12.7. The number of carboxylic acid groups (broad SMARTS) is 1. The Morgan fingerprint density at radius 1 is 1.00 bits per heavy atom. The topological polar surface area (TPSA) is 61.1 Å². The van der Waals surface area contributed by atoms with Crippen LogP contribution in [0.15, 0.2) is 66.8 Å². The summed E-state index contributed by atoms with van der Waals surface area (Å²) in [7, 11) is 0. The summed E-state index contributed by atoms with van der Waals surface area (Å²) in [4.78, 5) is 10.6. The van der Waals surface area contributed by atoms with Gasteiger partial charge in [-0.25, -0.2) is 4.79 Å². The number of halogens is 3. The van der Waals surface area contributed by atoms with Crippen LogP contribution in [0.25, 0.3) is 5.57 Å². The number of nitriles is 1. The smallest absolute Gasteiger partial charge is 0.416 e. The number of hydrogen-bond acceptors (Lipinski definition) is 2. The molecule has 2 rings (SSSR count). The molecule has 0 aliphatic heterocycles. The Balaban J connectivity index is 2.47. The van der Waals surface area contributed by atoms with E-state index in [1.807, 2.05) is 6.07 Å². The van der Waals surface area contributed by atoms with E-state index in [1.54, 1.807) is 24.3 Å². The van der Waals surface area contributed by atoms with Crippen molar-refractivity contribution in [2.75, 3.05) is 0 Å². The van der Waals surface area contributed by atoms with E-state index >= 15 is 0 Å². The van der Waals surface area contributed by atoms with Crippen LogP contribution in [-0.4, -0.2) is 11.1 Å². The molecule has 126 valence electrons. The van der Waals surface area contributed by atoms with Gasteiger partial charge in [-0.1, -0.05) is 36.4 Å². The molecule has 0 unspecified atom stereocenters. The highest BCUT2D eigenvalue weighted by molar-refractivity contribution is 5.84. The lowest BCUT2D eigenvalue weighted by atomic mass is 9.95. The van der Waals surface area contributed by atoms with E-state index in [-0.39, 0.29) is 0 Å². The maximum absolute atomic E-state index is 12.7. The Kier molecular flexibility index (Phi) is 5.40. The SMILES string of the molecule is N#Cc1ccc(C(=CC=CC(=O)O)c2ccc(C(F)(F)F)cc2)cc1. The van der Waals surface area contributed by atoms with Gasteiger partial charge in [-0.2, -0.15) is 18.4 Å². The third kappa shape index (κ3) is 4.82. The van der Waals surface area contributed by atoms with E-state index in [9.17, 15) is 18.0 Å². The van der Waals surface area contributed by atoms with Crippen molar-refractivity contribution in [3.05, 3.63) is 89.0 Å². The van der Waals surface area contributed by atoms with Crippen molar-refractivity contribution < 1.29 is 23.1 Å². The highest BCUT2D eigenvalue weighted by Crippen LogP contribution is 2.31. The number of hydrogen-bond donors (Lipinski definition) is 1. The van der Waals surface area contributed by atoms with Crippen molar-refractivity contribution in [1.29, 1.82) is 5.26 Å². The quantitative estimate of drug-likeness (QED) is 0.649. The third-order valence-corrected chi connectivity index (χ3v) is 3.35. The second-order valence-corrected chi connectivity index (χ2v) is 5.04. The highest BCUT2D eigenvalue weighted by atomic mass is 19.4. The van der Waals surface area contributed by atoms with Gasteiger partial charge in [0.2, 0.25) is 0 Å². The standard InChI is InChI=1S/C19H12F3NO2/c20-19(21,22)16-10-8-15(9-11-16)17(2-1-3-18(24)25)14-6-4-13(12-23)5-7-14/h1-11H,(H,24,25). The van der Waals surface area contributed by atoms with Gasteiger partial charge in [-0.15, -0.1) is 0 Å². The summed E-state index contributed by atoms with van der Waals surface area (Å²) in [6.45, 7) is 0. The number of carbonyl (C=O) groups is 1. The lowest BCUT2D eigenvalue weighted by Gasteiger charge is -2.11. The van der Waals surface area contributed by atoms with Crippen LogP contribution in [-0.2, 0) is 11.0 Å². The molecule has 0 heterocycles. The molecule has 0 bridgehead atoms. The molecular formula is C19H12F3NO2. The Hall–Kier alpha value is -3.33. The number of benzene rings is 2. The van der Waals surface area contributed by atoms with Gasteiger partial charge in [-0.05, 0) is 41.0 Å². The fourth-order valence-electron chi connectivity index (χ4n) is 2.15. The molecule has 6 heteroatoms. The average Bonchev–Trinajstić information content (AvgIpc) is 2.58. The molecule has 0 saturated carbocycles. The van der Waals surface area contributed by atoms with Gasteiger partial charge in [0, 0.05) is 6.08 Å². The summed E-state index contributed by atoms with van der Waals surface area (Å²) in [6.07, 6.45) is -0.709. The van der Waals surface area contributed by atoms with Crippen molar-refractivity contribution in [2.45, 2.75) is 6.18 Å². The van der Waals surface area contributed by atoms with E-state index < -0.39 is 17.7 Å². The minimum Gasteiger partial charge on any atom is -0.478 e. The largest absolute Gasteiger partial charge is 0.478 e. The van der Waals surface area contributed by atoms with Crippen molar-refractivity contribution in [3.63, 3.8) is 0 Å². The average molecular weight is 343 g/mol. The first-order valence-corrected chi connectivity index (χ1v) is 7.11. The molecule has 0 saturated heterocycles. The Morgan fingerprint density at radius 2 is 1.52 bits per heavy atom. The van der Waals surface area contributed by atoms with Crippen LogP contribution in [0, 0.1) is 11.3 Å². The first kappa shape index (κ1) is 18.0. The number of rotatable bonds is 4. The molecule has 1 N–H and O–H groups in total. The number of allylic oxidation sites excluding steroid dienone is 2. The van der Waals surface area contributed by atoms with Crippen molar-refractivity contribution in [2.24, 2.45) is 0 Å². The second-order valence-electron chi connectivity index (χ2n) is 5.04. The molecule has 0 atom stereocenters. The van der Waals surface area contributed by atoms with Gasteiger partial charge in [-0.3, -0.25) is 0 Å². The Morgan fingerprint density at radius 3 is 1.96 bits per heavy atom. The molecule has 25 heavy (non-hydrogen) atoms. The van der Waals surface area contributed by atoms with Crippen LogP contribution < -0.4 is 0 Å². The van der Waals surface area contributed by atoms with E-state index in [1.165, 1.54) is 24.3 Å². The van der Waals surface area contributed by atoms with Gasteiger partial charge < -0.3 is 5.11 Å². The van der Waals surface area contributed by atoms with E-state index in [4.69, 9.17) is 10.4 Å². The molecule has 0 fully saturated rings. The number of carboxylic acids is 1. The van der Waals surface area contributed by atoms with Gasteiger partial charge >= 0.3 is 12.1 Å². The molecule has 0 aliphatic rings. The van der Waals surface area contributed by atoms with Gasteiger partial charge in [0.1, 0.15) is 0 Å². The zero-order chi connectivity index (χ0) is 18.4. The van der Waals surface area contributed by atoms with Crippen LogP contribution in [0.4, 0.5) is 13.2 Å². The van der Waals surface area contributed by atoms with Gasteiger partial charge in [0.05, 0.1) is 17.2 Å². The van der Waals surface area contributed by atoms with E-state index in [2.05, 4.69) is 0 Å². The first-order valence-electron chi connectivity index (χ1n) is 7.11. The summed E-state index contributed by atoms with van der Waals surface area (Å²) >= 11 is 0. The van der Waals surface area contributed by atoms with Crippen LogP contribution in [0.5, 0.6) is 0 Å². The summed E-state index contributed by atoms with van der Waals surface area (Å²) in [6, 6.07) is 13.0. The van der Waals surface area contributed by atoms with Crippen LogP contribution >= 0.6 is 0 Å². The lowest BCUT2D eigenvalue weighted by molar-refractivity contribution is -0.137. The Labute approximate surface area is 142 Å². The summed E-state index contributed by atoms with van der Waals surface area (Å²) < 4.78 is 38.1. The molecule has 2 aromatic rings. The molecule has 0 aromatic heterocycles. The van der Waals surface area contributed by atoms with E-state index in [0.717, 1.165) is 18.2 Å². The fourth-order valence-corrected chi connectivity index (χ4v) is 2.15. The molecule has 0 amide bonds. The fraction of sp³-hybridized carbons (Fsp3) is 0.0526. The van der Waals surface area contributed by atoms with Crippen molar-refractivity contribution in [3.8, 4) is 6.07 Å². The molecular weight excluding hydrogens is 331 g/mol. The van der Waals surface area contributed by atoms with E-state index in [0.29, 0.717) is 22.3 Å². The molecule has 3 nitrogen and oxygen atoms in total. The van der Waals surface area contributed by atoms with Crippen LogP contribution in [0.3, 0.4) is 0 Å². The molecule has 0 radical (unpaired) electrons. The summed E-state index contributed by atoms with van der Waals surface area (Å²) in [5.41, 5.74) is 1.35. The van der Waals surface area contributed by atoms with Crippen LogP contribution in [0.1, 0.15) is 22.3 Å². The highest BCUT2D eigenvalue weighted by Gasteiger charge is 2.30. The van der Waals surface area contributed by atoms with Crippen LogP contribution in [0.2, 0.25) is 0 Å². The Bertz CT molecular complexity index is 856. The van der Waals surface area contributed by atoms with Crippen molar-refractivity contribution in [1.82, 2.24) is 0 Å². The molecule has 0 aliphatic carbocycles. The second kappa shape index (κ2) is 7.49. The number of nitrogens with zero attached hydrogens (tertiary/aromatic N) is 1. The minimum absolute atomic E-state index is 0.441.